The molecule has 0 saturated carbocycles. The van der Waals surface area contributed by atoms with Crippen LogP contribution in [0.4, 0.5) is 0 Å². The van der Waals surface area contributed by atoms with Gasteiger partial charge in [0.2, 0.25) is 11.7 Å². The summed E-state index contributed by atoms with van der Waals surface area (Å²) in [7, 11) is 4.48. The Hall–Kier alpha value is -3.14. The summed E-state index contributed by atoms with van der Waals surface area (Å²) in [6, 6.07) is 8.09. The maximum absolute atomic E-state index is 12.1. The number of nitrogens with one attached hydrogen (secondary N) is 1. The van der Waals surface area contributed by atoms with Crippen LogP contribution in [0.3, 0.4) is 0 Å². The Labute approximate surface area is 146 Å². The Bertz CT molecular complexity index is 724. The third-order valence-electron chi connectivity index (χ3n) is 3.63. The van der Waals surface area contributed by atoms with Gasteiger partial charge in [0.05, 0.1) is 33.7 Å². The SMILES string of the molecule is COc1cc(C(C#N)NC(=O)CCc2ccco2)cc(OC)c1OC. The van der Waals surface area contributed by atoms with Crippen molar-refractivity contribution < 1.29 is 23.4 Å². The fourth-order valence-corrected chi connectivity index (χ4v) is 2.38. The predicted molar refractivity (Wildman–Crippen MR) is 89.6 cm³/mol. The fraction of sp³-hybridized carbons (Fsp3) is 0.333. The summed E-state index contributed by atoms with van der Waals surface area (Å²) < 4.78 is 21.0. The number of furan rings is 1. The normalized spacial score (nSPS) is 11.3. The molecule has 1 atom stereocenters. The van der Waals surface area contributed by atoms with Crippen molar-refractivity contribution in [3.63, 3.8) is 0 Å². The van der Waals surface area contributed by atoms with Crippen LogP contribution < -0.4 is 19.5 Å². The third kappa shape index (κ3) is 4.44. The minimum absolute atomic E-state index is 0.218. The third-order valence-corrected chi connectivity index (χ3v) is 3.63. The zero-order valence-corrected chi connectivity index (χ0v) is 14.4. The van der Waals surface area contributed by atoms with Crippen LogP contribution in [0.15, 0.2) is 34.9 Å². The fourth-order valence-electron chi connectivity index (χ4n) is 2.38. The van der Waals surface area contributed by atoms with E-state index in [0.29, 0.717) is 29.2 Å². The molecular weight excluding hydrogens is 324 g/mol. The summed E-state index contributed by atoms with van der Waals surface area (Å²) in [5.41, 5.74) is 0.545. The molecular formula is C18H20N2O5. The molecule has 1 N–H and O–H groups in total. The number of amides is 1. The second-order valence-electron chi connectivity index (χ2n) is 5.17. The summed E-state index contributed by atoms with van der Waals surface area (Å²) in [5, 5.41) is 12.1. The molecule has 7 heteroatoms. The number of hydrogen-bond acceptors (Lipinski definition) is 6. The van der Waals surface area contributed by atoms with Crippen LogP contribution in [0.2, 0.25) is 0 Å². The van der Waals surface area contributed by atoms with E-state index in [1.807, 2.05) is 0 Å². The van der Waals surface area contributed by atoms with E-state index in [-0.39, 0.29) is 12.3 Å². The molecule has 0 aliphatic heterocycles. The highest BCUT2D eigenvalue weighted by atomic mass is 16.5. The van der Waals surface area contributed by atoms with Crippen molar-refractivity contribution in [1.82, 2.24) is 5.32 Å². The highest BCUT2D eigenvalue weighted by molar-refractivity contribution is 5.77. The quantitative estimate of drug-likeness (QED) is 0.791. The first-order chi connectivity index (χ1) is 12.1. The zero-order chi connectivity index (χ0) is 18.2. The van der Waals surface area contributed by atoms with Gasteiger partial charge in [-0.1, -0.05) is 0 Å². The Morgan fingerprint density at radius 3 is 2.40 bits per heavy atom. The molecule has 0 radical (unpaired) electrons. The number of ether oxygens (including phenoxy) is 3. The topological polar surface area (TPSA) is 93.7 Å². The molecule has 0 saturated heterocycles. The van der Waals surface area contributed by atoms with E-state index in [4.69, 9.17) is 18.6 Å². The van der Waals surface area contributed by atoms with Gasteiger partial charge >= 0.3 is 0 Å². The number of carbonyl (C=O) groups is 1. The van der Waals surface area contributed by atoms with Crippen LogP contribution in [0.25, 0.3) is 0 Å². The van der Waals surface area contributed by atoms with Crippen LogP contribution in [0, 0.1) is 11.3 Å². The van der Waals surface area contributed by atoms with Gasteiger partial charge in [0, 0.05) is 12.8 Å². The van der Waals surface area contributed by atoms with Gasteiger partial charge in [-0.15, -0.1) is 0 Å². The van der Waals surface area contributed by atoms with Crippen molar-refractivity contribution >= 4 is 5.91 Å². The zero-order valence-electron chi connectivity index (χ0n) is 14.4. The average molecular weight is 344 g/mol. The van der Waals surface area contributed by atoms with Crippen LogP contribution in [-0.4, -0.2) is 27.2 Å². The van der Waals surface area contributed by atoms with Gasteiger partial charge in [-0.2, -0.15) is 5.26 Å². The van der Waals surface area contributed by atoms with Crippen LogP contribution >= 0.6 is 0 Å². The number of aryl methyl sites for hydroxylation is 1. The van der Waals surface area contributed by atoms with E-state index in [2.05, 4.69) is 11.4 Å². The standard InChI is InChI=1S/C18H20N2O5/c1-22-15-9-12(10-16(23-2)18(15)24-3)14(11-19)20-17(21)7-6-13-5-4-8-25-13/h4-5,8-10,14H,6-7H2,1-3H3,(H,20,21). The highest BCUT2D eigenvalue weighted by Gasteiger charge is 2.20. The monoisotopic (exact) mass is 344 g/mol. The van der Waals surface area contributed by atoms with E-state index in [1.54, 1.807) is 30.5 Å². The van der Waals surface area contributed by atoms with Gasteiger partial charge in [0.1, 0.15) is 11.8 Å². The number of rotatable bonds is 8. The van der Waals surface area contributed by atoms with Gasteiger partial charge in [0.15, 0.2) is 11.5 Å². The first kappa shape index (κ1) is 18.2. The number of hydrogen-bond donors (Lipinski definition) is 1. The first-order valence-electron chi connectivity index (χ1n) is 7.64. The van der Waals surface area contributed by atoms with E-state index in [0.717, 1.165) is 5.76 Å². The summed E-state index contributed by atoms with van der Waals surface area (Å²) in [5.74, 6) is 1.73. The Morgan fingerprint density at radius 2 is 1.92 bits per heavy atom. The Balaban J connectivity index is 2.14. The molecule has 1 aromatic carbocycles. The molecule has 2 rings (SSSR count). The number of benzene rings is 1. The lowest BCUT2D eigenvalue weighted by Gasteiger charge is -2.17. The second-order valence-corrected chi connectivity index (χ2v) is 5.17. The van der Waals surface area contributed by atoms with Crippen molar-refractivity contribution in [3.05, 3.63) is 41.9 Å². The lowest BCUT2D eigenvalue weighted by Crippen LogP contribution is -2.27. The van der Waals surface area contributed by atoms with Crippen LogP contribution in [0.5, 0.6) is 17.2 Å². The van der Waals surface area contributed by atoms with Crippen LogP contribution in [0.1, 0.15) is 23.8 Å². The Morgan fingerprint density at radius 1 is 1.24 bits per heavy atom. The highest BCUT2D eigenvalue weighted by Crippen LogP contribution is 2.39. The summed E-state index contributed by atoms with van der Waals surface area (Å²) in [6.07, 6.45) is 2.24. The summed E-state index contributed by atoms with van der Waals surface area (Å²) in [6.45, 7) is 0. The molecule has 1 amide bonds. The lowest BCUT2D eigenvalue weighted by molar-refractivity contribution is -0.121. The van der Waals surface area contributed by atoms with E-state index in [1.165, 1.54) is 21.3 Å². The molecule has 0 bridgehead atoms. The van der Waals surface area contributed by atoms with Crippen molar-refractivity contribution in [1.29, 1.82) is 5.26 Å². The van der Waals surface area contributed by atoms with Crippen molar-refractivity contribution in [3.8, 4) is 23.3 Å². The van der Waals surface area contributed by atoms with Gasteiger partial charge in [-0.05, 0) is 29.8 Å². The number of nitriles is 1. The van der Waals surface area contributed by atoms with Crippen molar-refractivity contribution in [2.24, 2.45) is 0 Å². The number of nitrogens with zero attached hydrogens (tertiary/aromatic N) is 1. The maximum atomic E-state index is 12.1. The first-order valence-corrected chi connectivity index (χ1v) is 7.64. The molecule has 7 nitrogen and oxygen atoms in total. The average Bonchev–Trinajstić information content (AvgIpc) is 3.16. The lowest BCUT2D eigenvalue weighted by atomic mass is 10.1. The Kier molecular flexibility index (Phi) is 6.29. The molecule has 25 heavy (non-hydrogen) atoms. The minimum atomic E-state index is -0.835. The molecule has 1 unspecified atom stereocenters. The molecule has 1 heterocycles. The van der Waals surface area contributed by atoms with Gasteiger partial charge < -0.3 is 23.9 Å². The molecule has 1 aromatic heterocycles. The molecule has 0 aliphatic rings. The van der Waals surface area contributed by atoms with E-state index >= 15 is 0 Å². The van der Waals surface area contributed by atoms with Crippen molar-refractivity contribution in [2.45, 2.75) is 18.9 Å². The van der Waals surface area contributed by atoms with Gasteiger partial charge in [0.25, 0.3) is 0 Å². The maximum Gasteiger partial charge on any atom is 0.221 e. The van der Waals surface area contributed by atoms with Crippen LogP contribution in [-0.2, 0) is 11.2 Å². The molecule has 132 valence electrons. The second kappa shape index (κ2) is 8.64. The molecule has 0 spiro atoms. The van der Waals surface area contributed by atoms with Gasteiger partial charge in [-0.25, -0.2) is 0 Å². The largest absolute Gasteiger partial charge is 0.493 e. The minimum Gasteiger partial charge on any atom is -0.493 e. The smallest absolute Gasteiger partial charge is 0.221 e. The number of carbonyl (C=O) groups excluding carboxylic acids is 1. The molecule has 2 aromatic rings. The van der Waals surface area contributed by atoms with Crippen molar-refractivity contribution in [2.75, 3.05) is 21.3 Å². The predicted octanol–water partition coefficient (Wildman–Crippen LogP) is 2.62. The molecule has 0 fully saturated rings. The summed E-state index contributed by atoms with van der Waals surface area (Å²) >= 11 is 0. The van der Waals surface area contributed by atoms with Gasteiger partial charge in [-0.3, -0.25) is 4.79 Å². The van der Waals surface area contributed by atoms with E-state index < -0.39 is 6.04 Å². The summed E-state index contributed by atoms with van der Waals surface area (Å²) in [4.78, 5) is 12.1. The van der Waals surface area contributed by atoms with E-state index in [9.17, 15) is 10.1 Å². The number of methoxy groups -OCH3 is 3. The molecule has 0 aliphatic carbocycles.